The lowest BCUT2D eigenvalue weighted by molar-refractivity contribution is -0.136. The van der Waals surface area contributed by atoms with Crippen LogP contribution in [-0.4, -0.2) is 48.7 Å². The van der Waals surface area contributed by atoms with E-state index in [4.69, 9.17) is 5.11 Å². The van der Waals surface area contributed by atoms with Crippen molar-refractivity contribution >= 4 is 17.7 Å². The molecule has 2 amide bonds. The molecule has 0 aliphatic rings. The topological polar surface area (TPSA) is 81.7 Å². The van der Waals surface area contributed by atoms with Gasteiger partial charge in [-0.25, -0.2) is 4.79 Å². The van der Waals surface area contributed by atoms with Gasteiger partial charge in [-0.05, 0) is 38.7 Å². The largest absolute Gasteiger partial charge is 0.481 e. The summed E-state index contributed by atoms with van der Waals surface area (Å²) in [5.74, 6) is -0.874. The van der Waals surface area contributed by atoms with Gasteiger partial charge in [-0.2, -0.15) is 0 Å². The number of anilines is 1. The molecule has 1 rings (SSSR count). The minimum Gasteiger partial charge on any atom is -0.481 e. The van der Waals surface area contributed by atoms with E-state index in [1.165, 1.54) is 0 Å². The lowest BCUT2D eigenvalue weighted by atomic mass is 10.1. The fraction of sp³-hybridized carbons (Fsp3) is 0.429. The van der Waals surface area contributed by atoms with Gasteiger partial charge >= 0.3 is 12.0 Å². The average molecular weight is 279 g/mol. The highest BCUT2D eigenvalue weighted by atomic mass is 16.4. The maximum absolute atomic E-state index is 11.7. The summed E-state index contributed by atoms with van der Waals surface area (Å²) in [4.78, 5) is 24.2. The van der Waals surface area contributed by atoms with Crippen LogP contribution >= 0.6 is 0 Å². The fourth-order valence-corrected chi connectivity index (χ4v) is 1.48. The summed E-state index contributed by atoms with van der Waals surface area (Å²) >= 11 is 0. The number of likely N-dealkylation sites (N-methyl/N-ethyl adjacent to an activating group) is 1. The molecule has 1 unspecified atom stereocenters. The Morgan fingerprint density at radius 2 is 1.85 bits per heavy atom. The number of aliphatic carboxylic acids is 1. The van der Waals surface area contributed by atoms with E-state index in [1.54, 1.807) is 24.3 Å². The van der Waals surface area contributed by atoms with Crippen LogP contribution in [0.4, 0.5) is 10.5 Å². The Morgan fingerprint density at radius 3 is 2.35 bits per heavy atom. The smallest absolute Gasteiger partial charge is 0.319 e. The van der Waals surface area contributed by atoms with Crippen LogP contribution in [0.25, 0.3) is 0 Å². The van der Waals surface area contributed by atoms with Crippen LogP contribution in [0.5, 0.6) is 0 Å². The summed E-state index contributed by atoms with van der Waals surface area (Å²) in [6.45, 7) is 2.57. The van der Waals surface area contributed by atoms with Crippen LogP contribution in [-0.2, 0) is 11.2 Å². The zero-order valence-electron chi connectivity index (χ0n) is 12.0. The van der Waals surface area contributed by atoms with Gasteiger partial charge in [0.1, 0.15) is 0 Å². The van der Waals surface area contributed by atoms with Crippen LogP contribution < -0.4 is 10.6 Å². The maximum atomic E-state index is 11.7. The molecule has 20 heavy (non-hydrogen) atoms. The van der Waals surface area contributed by atoms with Crippen LogP contribution in [0.2, 0.25) is 0 Å². The van der Waals surface area contributed by atoms with Crippen molar-refractivity contribution in [1.82, 2.24) is 10.2 Å². The first kappa shape index (κ1) is 16.0. The third kappa shape index (κ3) is 5.71. The second-order valence-corrected chi connectivity index (χ2v) is 4.92. The number of carboxylic acids is 1. The standard InChI is InChI=1S/C14H21N3O3/c1-10(17(2)3)9-15-14(20)16-12-6-4-11(5-7-12)8-13(18)19/h4-7,10H,8-9H2,1-3H3,(H,18,19)(H2,15,16,20). The van der Waals surface area contributed by atoms with Gasteiger partial charge in [-0.15, -0.1) is 0 Å². The number of amides is 2. The van der Waals surface area contributed by atoms with Gasteiger partial charge in [-0.1, -0.05) is 12.1 Å². The third-order valence-corrected chi connectivity index (χ3v) is 3.01. The van der Waals surface area contributed by atoms with Crippen molar-refractivity contribution in [2.24, 2.45) is 0 Å². The maximum Gasteiger partial charge on any atom is 0.319 e. The normalized spacial score (nSPS) is 12.0. The van der Waals surface area contributed by atoms with E-state index in [9.17, 15) is 9.59 Å². The van der Waals surface area contributed by atoms with Gasteiger partial charge < -0.3 is 20.6 Å². The second-order valence-electron chi connectivity index (χ2n) is 4.92. The first-order valence-electron chi connectivity index (χ1n) is 6.40. The van der Waals surface area contributed by atoms with Crippen molar-refractivity contribution in [1.29, 1.82) is 0 Å². The Morgan fingerprint density at radius 1 is 1.25 bits per heavy atom. The van der Waals surface area contributed by atoms with E-state index in [-0.39, 0.29) is 18.5 Å². The van der Waals surface area contributed by atoms with Gasteiger partial charge in [0.2, 0.25) is 0 Å². The Bertz CT molecular complexity index is 457. The molecule has 6 nitrogen and oxygen atoms in total. The number of hydrogen-bond acceptors (Lipinski definition) is 3. The highest BCUT2D eigenvalue weighted by Gasteiger charge is 2.07. The molecule has 0 saturated heterocycles. The lowest BCUT2D eigenvalue weighted by Crippen LogP contribution is -2.40. The van der Waals surface area contributed by atoms with Crippen LogP contribution in [0, 0.1) is 0 Å². The summed E-state index contributed by atoms with van der Waals surface area (Å²) in [5, 5.41) is 14.1. The molecule has 0 saturated carbocycles. The molecule has 1 aromatic carbocycles. The predicted octanol–water partition coefficient (Wildman–Crippen LogP) is 1.39. The highest BCUT2D eigenvalue weighted by molar-refractivity contribution is 5.89. The van der Waals surface area contributed by atoms with Gasteiger partial charge in [-0.3, -0.25) is 4.79 Å². The molecular weight excluding hydrogens is 258 g/mol. The molecular formula is C14H21N3O3. The van der Waals surface area contributed by atoms with E-state index in [1.807, 2.05) is 25.9 Å². The number of hydrogen-bond donors (Lipinski definition) is 3. The molecule has 0 radical (unpaired) electrons. The number of rotatable bonds is 6. The first-order chi connectivity index (χ1) is 9.38. The van der Waals surface area contributed by atoms with Crippen molar-refractivity contribution in [2.75, 3.05) is 26.0 Å². The minimum absolute atomic E-state index is 0.0210. The number of carbonyl (C=O) groups excluding carboxylic acids is 1. The van der Waals surface area contributed by atoms with E-state index in [2.05, 4.69) is 10.6 Å². The SMILES string of the molecule is CC(CNC(=O)Nc1ccc(CC(=O)O)cc1)N(C)C. The summed E-state index contributed by atoms with van der Waals surface area (Å²) in [7, 11) is 3.90. The van der Waals surface area contributed by atoms with E-state index < -0.39 is 5.97 Å². The summed E-state index contributed by atoms with van der Waals surface area (Å²) in [6.07, 6.45) is -0.0210. The molecule has 110 valence electrons. The number of carbonyl (C=O) groups is 2. The molecule has 0 spiro atoms. The zero-order valence-corrected chi connectivity index (χ0v) is 12.0. The highest BCUT2D eigenvalue weighted by Crippen LogP contribution is 2.09. The molecule has 3 N–H and O–H groups in total. The molecule has 0 aliphatic carbocycles. The Labute approximate surface area is 118 Å². The molecule has 0 bridgehead atoms. The molecule has 1 aromatic rings. The average Bonchev–Trinajstić information content (AvgIpc) is 2.37. The number of nitrogens with one attached hydrogen (secondary N) is 2. The summed E-state index contributed by atoms with van der Waals surface area (Å²) in [5.41, 5.74) is 1.33. The molecule has 0 aromatic heterocycles. The van der Waals surface area contributed by atoms with Crippen LogP contribution in [0.15, 0.2) is 24.3 Å². The number of benzene rings is 1. The van der Waals surface area contributed by atoms with Crippen molar-refractivity contribution < 1.29 is 14.7 Å². The monoisotopic (exact) mass is 279 g/mol. The Balaban J connectivity index is 2.44. The predicted molar refractivity (Wildman–Crippen MR) is 78.0 cm³/mol. The minimum atomic E-state index is -0.874. The number of urea groups is 1. The molecule has 0 aliphatic heterocycles. The van der Waals surface area contributed by atoms with Gasteiger partial charge in [0, 0.05) is 18.3 Å². The Kier molecular flexibility index (Phi) is 5.99. The van der Waals surface area contributed by atoms with Crippen molar-refractivity contribution in [2.45, 2.75) is 19.4 Å². The molecule has 6 heteroatoms. The van der Waals surface area contributed by atoms with E-state index in [0.29, 0.717) is 17.8 Å². The number of carboxylic acid groups (broad SMARTS) is 1. The molecule has 0 heterocycles. The van der Waals surface area contributed by atoms with Crippen LogP contribution in [0.1, 0.15) is 12.5 Å². The molecule has 0 fully saturated rings. The zero-order chi connectivity index (χ0) is 15.1. The van der Waals surface area contributed by atoms with Crippen molar-refractivity contribution in [3.63, 3.8) is 0 Å². The van der Waals surface area contributed by atoms with Crippen molar-refractivity contribution in [3.05, 3.63) is 29.8 Å². The van der Waals surface area contributed by atoms with Gasteiger partial charge in [0.15, 0.2) is 0 Å². The summed E-state index contributed by atoms with van der Waals surface area (Å²) < 4.78 is 0. The van der Waals surface area contributed by atoms with E-state index in [0.717, 1.165) is 0 Å². The Hall–Kier alpha value is -2.08. The van der Waals surface area contributed by atoms with Gasteiger partial charge in [0.25, 0.3) is 0 Å². The van der Waals surface area contributed by atoms with Crippen molar-refractivity contribution in [3.8, 4) is 0 Å². The second kappa shape index (κ2) is 7.49. The summed E-state index contributed by atoms with van der Waals surface area (Å²) in [6, 6.07) is 6.72. The number of nitrogens with zero attached hydrogens (tertiary/aromatic N) is 1. The third-order valence-electron chi connectivity index (χ3n) is 3.01. The molecule has 1 atom stereocenters. The first-order valence-corrected chi connectivity index (χ1v) is 6.40. The van der Waals surface area contributed by atoms with Gasteiger partial charge in [0.05, 0.1) is 6.42 Å². The fourth-order valence-electron chi connectivity index (χ4n) is 1.48. The lowest BCUT2D eigenvalue weighted by Gasteiger charge is -2.20. The quantitative estimate of drug-likeness (QED) is 0.735. The van der Waals surface area contributed by atoms with Crippen LogP contribution in [0.3, 0.4) is 0 Å². The van der Waals surface area contributed by atoms with E-state index >= 15 is 0 Å².